The first-order chi connectivity index (χ1) is 12.7. The van der Waals surface area contributed by atoms with Crippen molar-refractivity contribution in [2.75, 3.05) is 19.0 Å². The summed E-state index contributed by atoms with van der Waals surface area (Å²) in [6.45, 7) is 0.863. The van der Waals surface area contributed by atoms with Crippen molar-refractivity contribution in [1.29, 1.82) is 0 Å². The molecule has 0 spiro atoms. The minimum Gasteiger partial charge on any atom is -0.347 e. The molecule has 0 aliphatic heterocycles. The van der Waals surface area contributed by atoms with E-state index in [1.807, 2.05) is 31.4 Å². The number of hydrogen-bond donors (Lipinski definition) is 2. The minimum absolute atomic E-state index is 0.337. The number of aromatic nitrogens is 4. The Bertz CT molecular complexity index is 732. The molecule has 1 fully saturated rings. The van der Waals surface area contributed by atoms with Crippen LogP contribution in [0.1, 0.15) is 79.4 Å². The summed E-state index contributed by atoms with van der Waals surface area (Å²) < 4.78 is 0. The third kappa shape index (κ3) is 3.61. The molecule has 0 saturated heterocycles. The zero-order valence-corrected chi connectivity index (χ0v) is 16.0. The van der Waals surface area contributed by atoms with Gasteiger partial charge in [-0.3, -0.25) is 5.10 Å². The molecule has 0 amide bonds. The van der Waals surface area contributed by atoms with Gasteiger partial charge in [-0.15, -0.1) is 0 Å². The fourth-order valence-corrected chi connectivity index (χ4v) is 4.40. The van der Waals surface area contributed by atoms with Gasteiger partial charge < -0.3 is 10.2 Å². The summed E-state index contributed by atoms with van der Waals surface area (Å²) in [5.41, 5.74) is 5.15. The molecule has 6 heteroatoms. The smallest absolute Gasteiger partial charge is 0.225 e. The third-order valence-electron chi connectivity index (χ3n) is 5.87. The van der Waals surface area contributed by atoms with Crippen molar-refractivity contribution in [3.05, 3.63) is 34.9 Å². The first-order valence-electron chi connectivity index (χ1n) is 10.0. The number of aryl methyl sites for hydroxylation is 1. The lowest BCUT2D eigenvalue weighted by Crippen LogP contribution is -2.27. The Labute approximate surface area is 155 Å². The van der Waals surface area contributed by atoms with Crippen molar-refractivity contribution in [1.82, 2.24) is 25.5 Å². The Morgan fingerprint density at radius 1 is 1.12 bits per heavy atom. The number of hydrogen-bond acceptors (Lipinski definition) is 5. The number of rotatable bonds is 5. The number of aromatic amines is 1. The Morgan fingerprint density at radius 2 is 1.96 bits per heavy atom. The van der Waals surface area contributed by atoms with Gasteiger partial charge in [-0.2, -0.15) is 5.10 Å². The van der Waals surface area contributed by atoms with Crippen LogP contribution in [0.3, 0.4) is 0 Å². The first kappa shape index (κ1) is 17.5. The van der Waals surface area contributed by atoms with Crippen molar-refractivity contribution < 1.29 is 0 Å². The highest BCUT2D eigenvalue weighted by atomic mass is 15.2. The zero-order valence-electron chi connectivity index (χ0n) is 16.0. The molecule has 1 saturated carbocycles. The second kappa shape index (κ2) is 7.74. The largest absolute Gasteiger partial charge is 0.347 e. The number of nitrogens with zero attached hydrogens (tertiary/aromatic N) is 4. The molecule has 0 radical (unpaired) electrons. The predicted octanol–water partition coefficient (Wildman–Crippen LogP) is 3.48. The second-order valence-corrected chi connectivity index (χ2v) is 7.94. The van der Waals surface area contributed by atoms with Gasteiger partial charge >= 0.3 is 0 Å². The highest BCUT2D eigenvalue weighted by Gasteiger charge is 2.24. The number of H-pyrrole nitrogens is 1. The van der Waals surface area contributed by atoms with Crippen molar-refractivity contribution in [3.8, 4) is 0 Å². The van der Waals surface area contributed by atoms with Gasteiger partial charge in [-0.05, 0) is 32.1 Å². The number of nitrogens with one attached hydrogen (secondary N) is 2. The van der Waals surface area contributed by atoms with E-state index in [0.717, 1.165) is 25.3 Å². The van der Waals surface area contributed by atoms with Crippen LogP contribution in [0.25, 0.3) is 0 Å². The van der Waals surface area contributed by atoms with Crippen LogP contribution in [0.4, 0.5) is 5.95 Å². The molecule has 2 aliphatic carbocycles. The van der Waals surface area contributed by atoms with Crippen LogP contribution in [0.2, 0.25) is 0 Å². The molecule has 2 aliphatic rings. The van der Waals surface area contributed by atoms with E-state index < -0.39 is 0 Å². The summed E-state index contributed by atoms with van der Waals surface area (Å²) in [6.07, 6.45) is 14.1. The predicted molar refractivity (Wildman–Crippen MR) is 103 cm³/mol. The Hall–Kier alpha value is -1.95. The first-order valence-corrected chi connectivity index (χ1v) is 10.0. The van der Waals surface area contributed by atoms with Gasteiger partial charge in [-0.25, -0.2) is 9.97 Å². The van der Waals surface area contributed by atoms with Crippen LogP contribution in [-0.2, 0) is 13.0 Å². The van der Waals surface area contributed by atoms with Crippen LogP contribution in [-0.4, -0.2) is 34.3 Å². The molecule has 0 bridgehead atoms. The fourth-order valence-electron chi connectivity index (χ4n) is 4.40. The molecule has 26 heavy (non-hydrogen) atoms. The van der Waals surface area contributed by atoms with Gasteiger partial charge in [0, 0.05) is 55.6 Å². The van der Waals surface area contributed by atoms with Crippen molar-refractivity contribution in [3.63, 3.8) is 0 Å². The molecule has 0 aromatic carbocycles. The van der Waals surface area contributed by atoms with Gasteiger partial charge in [-0.1, -0.05) is 19.3 Å². The monoisotopic (exact) mass is 354 g/mol. The second-order valence-electron chi connectivity index (χ2n) is 7.94. The molecule has 4 rings (SSSR count). The Morgan fingerprint density at radius 3 is 2.77 bits per heavy atom. The van der Waals surface area contributed by atoms with Crippen LogP contribution < -0.4 is 10.2 Å². The van der Waals surface area contributed by atoms with E-state index in [4.69, 9.17) is 4.98 Å². The van der Waals surface area contributed by atoms with Crippen LogP contribution >= 0.6 is 0 Å². The maximum absolute atomic E-state index is 4.76. The quantitative estimate of drug-likeness (QED) is 0.860. The zero-order chi connectivity index (χ0) is 17.9. The molecule has 2 N–H and O–H groups in total. The number of anilines is 1. The Balaban J connectivity index is 1.46. The highest BCUT2D eigenvalue weighted by Crippen LogP contribution is 2.34. The molecular formula is C20H30N6. The summed E-state index contributed by atoms with van der Waals surface area (Å²) in [5, 5.41) is 11.4. The lowest BCUT2D eigenvalue weighted by molar-refractivity contribution is 0.426. The van der Waals surface area contributed by atoms with E-state index >= 15 is 0 Å². The summed E-state index contributed by atoms with van der Waals surface area (Å²) in [5.74, 6) is 1.46. The maximum atomic E-state index is 4.76. The average Bonchev–Trinajstić information content (AvgIpc) is 3.15. The topological polar surface area (TPSA) is 69.7 Å². The summed E-state index contributed by atoms with van der Waals surface area (Å²) in [7, 11) is 3.98. The van der Waals surface area contributed by atoms with Crippen molar-refractivity contribution >= 4 is 5.95 Å². The molecule has 2 aromatic rings. The maximum Gasteiger partial charge on any atom is 0.225 e. The molecule has 1 atom stereocenters. The normalized spacial score (nSPS) is 20.8. The van der Waals surface area contributed by atoms with E-state index in [1.54, 1.807) is 0 Å². The molecule has 2 heterocycles. The molecule has 140 valence electrons. The van der Waals surface area contributed by atoms with Crippen molar-refractivity contribution in [2.45, 2.75) is 69.9 Å². The SMILES string of the molecule is CN(C)c1ncc2c(n1)CCCC2NCc1cn[nH]c1C1CCCCC1. The number of fused-ring (bicyclic) bond motifs is 1. The minimum atomic E-state index is 0.337. The van der Waals surface area contributed by atoms with E-state index in [-0.39, 0.29) is 0 Å². The van der Waals surface area contributed by atoms with E-state index in [1.165, 1.54) is 61.0 Å². The van der Waals surface area contributed by atoms with Crippen LogP contribution in [0.5, 0.6) is 0 Å². The van der Waals surface area contributed by atoms with E-state index in [2.05, 4.69) is 20.5 Å². The average molecular weight is 355 g/mol. The standard InChI is InChI=1S/C20H30N6/c1-26(2)20-22-13-16-17(9-6-10-18(16)24-20)21-11-15-12-23-25-19(15)14-7-4-3-5-8-14/h12-14,17,21H,3-11H2,1-2H3,(H,23,25). The molecule has 2 aromatic heterocycles. The fraction of sp³-hybridized carbons (Fsp3) is 0.650. The van der Waals surface area contributed by atoms with E-state index in [9.17, 15) is 0 Å². The van der Waals surface area contributed by atoms with Gasteiger partial charge in [0.15, 0.2) is 0 Å². The lowest BCUT2D eigenvalue weighted by Gasteiger charge is -2.27. The lowest BCUT2D eigenvalue weighted by atomic mass is 9.85. The van der Waals surface area contributed by atoms with Gasteiger partial charge in [0.1, 0.15) is 0 Å². The molecule has 6 nitrogen and oxygen atoms in total. The van der Waals surface area contributed by atoms with Crippen LogP contribution in [0, 0.1) is 0 Å². The summed E-state index contributed by atoms with van der Waals surface area (Å²) >= 11 is 0. The molecular weight excluding hydrogens is 324 g/mol. The van der Waals surface area contributed by atoms with Crippen molar-refractivity contribution in [2.24, 2.45) is 0 Å². The highest BCUT2D eigenvalue weighted by molar-refractivity contribution is 5.34. The molecule has 1 unspecified atom stereocenters. The third-order valence-corrected chi connectivity index (χ3v) is 5.87. The van der Waals surface area contributed by atoms with Crippen LogP contribution in [0.15, 0.2) is 12.4 Å². The summed E-state index contributed by atoms with van der Waals surface area (Å²) in [4.78, 5) is 11.3. The Kier molecular flexibility index (Phi) is 5.20. The van der Waals surface area contributed by atoms with Gasteiger partial charge in [0.2, 0.25) is 5.95 Å². The van der Waals surface area contributed by atoms with Gasteiger partial charge in [0.05, 0.1) is 11.9 Å². The van der Waals surface area contributed by atoms with E-state index in [0.29, 0.717) is 12.0 Å². The van der Waals surface area contributed by atoms with Gasteiger partial charge in [0.25, 0.3) is 0 Å². The summed E-state index contributed by atoms with van der Waals surface area (Å²) in [6, 6.07) is 0.337.